The molecular formula is C15H20F3NO2. The van der Waals surface area contributed by atoms with E-state index in [2.05, 4.69) is 0 Å². The van der Waals surface area contributed by atoms with Crippen LogP contribution in [0.1, 0.15) is 31.9 Å². The number of esters is 1. The quantitative estimate of drug-likeness (QED) is 0.869. The van der Waals surface area contributed by atoms with Crippen molar-refractivity contribution in [2.45, 2.75) is 39.0 Å². The minimum absolute atomic E-state index is 0.0190. The van der Waals surface area contributed by atoms with Gasteiger partial charge in [0.1, 0.15) is 5.60 Å². The summed E-state index contributed by atoms with van der Waals surface area (Å²) in [6, 6.07) is 4.89. The highest BCUT2D eigenvalue weighted by atomic mass is 19.4. The van der Waals surface area contributed by atoms with E-state index in [1.54, 1.807) is 26.8 Å². The summed E-state index contributed by atoms with van der Waals surface area (Å²) in [5, 5.41) is 0. The van der Waals surface area contributed by atoms with Gasteiger partial charge in [0.05, 0.1) is 11.5 Å². The molecule has 0 aliphatic rings. The molecule has 1 aromatic rings. The van der Waals surface area contributed by atoms with Gasteiger partial charge in [0.2, 0.25) is 0 Å². The first kappa shape index (κ1) is 17.5. The summed E-state index contributed by atoms with van der Waals surface area (Å²) in [4.78, 5) is 12.0. The van der Waals surface area contributed by atoms with Crippen molar-refractivity contribution in [3.8, 4) is 0 Å². The molecule has 0 saturated carbocycles. The Kier molecular flexibility index (Phi) is 5.39. The zero-order valence-electron chi connectivity index (χ0n) is 12.3. The maximum atomic E-state index is 12.7. The number of hydrogen-bond donors (Lipinski definition) is 1. The molecule has 2 N–H and O–H groups in total. The molecule has 0 fully saturated rings. The summed E-state index contributed by atoms with van der Waals surface area (Å²) < 4.78 is 43.2. The molecule has 0 bridgehead atoms. The summed E-state index contributed by atoms with van der Waals surface area (Å²) in [7, 11) is 0. The van der Waals surface area contributed by atoms with E-state index in [1.807, 2.05) is 0 Å². The Bertz CT molecular complexity index is 492. The monoisotopic (exact) mass is 303 g/mol. The summed E-state index contributed by atoms with van der Waals surface area (Å²) in [5.41, 5.74) is 4.56. The van der Waals surface area contributed by atoms with Crippen LogP contribution in [-0.2, 0) is 22.1 Å². The number of ether oxygens (including phenoxy) is 1. The third-order valence-corrected chi connectivity index (χ3v) is 2.76. The third-order valence-electron chi connectivity index (χ3n) is 2.76. The Balaban J connectivity index is 2.85. The van der Waals surface area contributed by atoms with Gasteiger partial charge in [-0.05, 0) is 38.8 Å². The molecule has 118 valence electrons. The fraction of sp³-hybridized carbons (Fsp3) is 0.533. The van der Waals surface area contributed by atoms with Crippen LogP contribution in [0.3, 0.4) is 0 Å². The smallest absolute Gasteiger partial charge is 0.416 e. The van der Waals surface area contributed by atoms with E-state index in [0.29, 0.717) is 5.56 Å². The first-order chi connectivity index (χ1) is 9.53. The second kappa shape index (κ2) is 6.47. The van der Waals surface area contributed by atoms with Gasteiger partial charge in [0.25, 0.3) is 0 Å². The molecule has 0 heterocycles. The lowest BCUT2D eigenvalue weighted by Gasteiger charge is -2.23. The Morgan fingerprint density at radius 2 is 1.90 bits per heavy atom. The molecule has 0 radical (unpaired) electrons. The Labute approximate surface area is 122 Å². The molecular weight excluding hydrogens is 283 g/mol. The number of hydrogen-bond acceptors (Lipinski definition) is 3. The fourth-order valence-corrected chi connectivity index (χ4v) is 1.81. The van der Waals surface area contributed by atoms with Crippen molar-refractivity contribution in [3.05, 3.63) is 35.4 Å². The van der Waals surface area contributed by atoms with E-state index >= 15 is 0 Å². The molecule has 1 aromatic carbocycles. The molecule has 0 saturated heterocycles. The van der Waals surface area contributed by atoms with Crippen molar-refractivity contribution in [3.63, 3.8) is 0 Å². The fourth-order valence-electron chi connectivity index (χ4n) is 1.81. The average Bonchev–Trinajstić information content (AvgIpc) is 2.33. The molecule has 0 amide bonds. The van der Waals surface area contributed by atoms with Gasteiger partial charge < -0.3 is 10.5 Å². The molecule has 1 unspecified atom stereocenters. The average molecular weight is 303 g/mol. The molecule has 1 rings (SSSR count). The van der Waals surface area contributed by atoms with Crippen LogP contribution < -0.4 is 5.73 Å². The van der Waals surface area contributed by atoms with Crippen LogP contribution in [0.2, 0.25) is 0 Å². The van der Waals surface area contributed by atoms with Gasteiger partial charge in [-0.25, -0.2) is 0 Å². The lowest BCUT2D eigenvalue weighted by atomic mass is 9.97. The van der Waals surface area contributed by atoms with E-state index in [-0.39, 0.29) is 13.0 Å². The van der Waals surface area contributed by atoms with Gasteiger partial charge in [-0.1, -0.05) is 18.2 Å². The van der Waals surface area contributed by atoms with Crippen molar-refractivity contribution in [2.24, 2.45) is 11.7 Å². The number of halogens is 3. The van der Waals surface area contributed by atoms with Gasteiger partial charge in [-0.15, -0.1) is 0 Å². The van der Waals surface area contributed by atoms with Crippen LogP contribution >= 0.6 is 0 Å². The standard InChI is InChI=1S/C15H20F3NO2/c1-14(2,3)21-13(20)11(9-19)7-10-5-4-6-12(8-10)15(16,17)18/h4-6,8,11H,7,9,19H2,1-3H3. The lowest BCUT2D eigenvalue weighted by Crippen LogP contribution is -2.33. The van der Waals surface area contributed by atoms with Gasteiger partial charge >= 0.3 is 12.1 Å². The molecule has 0 aromatic heterocycles. The van der Waals surface area contributed by atoms with Crippen molar-refractivity contribution in [2.75, 3.05) is 6.54 Å². The van der Waals surface area contributed by atoms with Crippen LogP contribution in [0.15, 0.2) is 24.3 Å². The zero-order valence-corrected chi connectivity index (χ0v) is 12.3. The van der Waals surface area contributed by atoms with E-state index in [1.165, 1.54) is 6.07 Å². The van der Waals surface area contributed by atoms with E-state index < -0.39 is 29.2 Å². The summed E-state index contributed by atoms with van der Waals surface area (Å²) in [6.45, 7) is 5.19. The zero-order chi connectivity index (χ0) is 16.3. The minimum Gasteiger partial charge on any atom is -0.460 e. The largest absolute Gasteiger partial charge is 0.460 e. The molecule has 3 nitrogen and oxygen atoms in total. The van der Waals surface area contributed by atoms with E-state index in [9.17, 15) is 18.0 Å². The number of carbonyl (C=O) groups is 1. The number of carbonyl (C=O) groups excluding carboxylic acids is 1. The van der Waals surface area contributed by atoms with Crippen LogP contribution in [0, 0.1) is 5.92 Å². The Morgan fingerprint density at radius 3 is 2.38 bits per heavy atom. The highest BCUT2D eigenvalue weighted by Gasteiger charge is 2.31. The molecule has 1 atom stereocenters. The summed E-state index contributed by atoms with van der Waals surface area (Å²) in [5.74, 6) is -1.16. The lowest BCUT2D eigenvalue weighted by molar-refractivity contribution is -0.159. The van der Waals surface area contributed by atoms with Crippen molar-refractivity contribution >= 4 is 5.97 Å². The second-order valence-corrected chi connectivity index (χ2v) is 5.87. The van der Waals surface area contributed by atoms with Crippen LogP contribution in [-0.4, -0.2) is 18.1 Å². The van der Waals surface area contributed by atoms with Crippen LogP contribution in [0.5, 0.6) is 0 Å². The Morgan fingerprint density at radius 1 is 1.29 bits per heavy atom. The van der Waals surface area contributed by atoms with Crippen molar-refractivity contribution in [1.29, 1.82) is 0 Å². The molecule has 6 heteroatoms. The van der Waals surface area contributed by atoms with Crippen molar-refractivity contribution in [1.82, 2.24) is 0 Å². The molecule has 0 aliphatic heterocycles. The topological polar surface area (TPSA) is 52.3 Å². The van der Waals surface area contributed by atoms with E-state index in [0.717, 1.165) is 12.1 Å². The van der Waals surface area contributed by atoms with Crippen LogP contribution in [0.25, 0.3) is 0 Å². The van der Waals surface area contributed by atoms with Crippen LogP contribution in [0.4, 0.5) is 13.2 Å². The molecule has 0 spiro atoms. The number of rotatable bonds is 4. The van der Waals surface area contributed by atoms with Gasteiger partial charge in [-0.3, -0.25) is 4.79 Å². The van der Waals surface area contributed by atoms with E-state index in [4.69, 9.17) is 10.5 Å². The predicted octanol–water partition coefficient (Wildman–Crippen LogP) is 3.16. The molecule has 21 heavy (non-hydrogen) atoms. The summed E-state index contributed by atoms with van der Waals surface area (Å²) >= 11 is 0. The number of alkyl halides is 3. The number of benzene rings is 1. The highest BCUT2D eigenvalue weighted by molar-refractivity contribution is 5.73. The predicted molar refractivity (Wildman–Crippen MR) is 73.5 cm³/mol. The first-order valence-electron chi connectivity index (χ1n) is 6.62. The Hall–Kier alpha value is -1.56. The highest BCUT2D eigenvalue weighted by Crippen LogP contribution is 2.30. The minimum atomic E-state index is -4.40. The normalized spacial score (nSPS) is 13.9. The SMILES string of the molecule is CC(C)(C)OC(=O)C(CN)Cc1cccc(C(F)(F)F)c1. The second-order valence-electron chi connectivity index (χ2n) is 5.87. The summed E-state index contributed by atoms with van der Waals surface area (Å²) in [6.07, 6.45) is -4.28. The van der Waals surface area contributed by atoms with Gasteiger partial charge in [-0.2, -0.15) is 13.2 Å². The number of nitrogens with two attached hydrogens (primary N) is 1. The first-order valence-corrected chi connectivity index (χ1v) is 6.62. The van der Waals surface area contributed by atoms with Crippen molar-refractivity contribution < 1.29 is 22.7 Å². The van der Waals surface area contributed by atoms with Gasteiger partial charge in [0, 0.05) is 6.54 Å². The molecule has 0 aliphatic carbocycles. The van der Waals surface area contributed by atoms with Gasteiger partial charge in [0.15, 0.2) is 0 Å². The maximum Gasteiger partial charge on any atom is 0.416 e. The maximum absolute atomic E-state index is 12.7. The third kappa shape index (κ3) is 5.75.